The van der Waals surface area contributed by atoms with Crippen molar-refractivity contribution in [2.45, 2.75) is 57.7 Å². The molecule has 2 fully saturated rings. The van der Waals surface area contributed by atoms with Crippen molar-refractivity contribution in [1.82, 2.24) is 14.7 Å². The van der Waals surface area contributed by atoms with E-state index >= 15 is 0 Å². The Morgan fingerprint density at radius 1 is 1.14 bits per heavy atom. The van der Waals surface area contributed by atoms with Gasteiger partial charge in [-0.25, -0.2) is 0 Å². The molecule has 1 amide bonds. The molecule has 122 valence electrons. The van der Waals surface area contributed by atoms with Crippen LogP contribution in [-0.2, 0) is 6.18 Å². The van der Waals surface area contributed by atoms with Gasteiger partial charge in [0.15, 0.2) is 5.69 Å². The fraction of sp³-hybridized carbons (Fsp3) is 0.733. The molecule has 0 aromatic carbocycles. The van der Waals surface area contributed by atoms with E-state index in [1.807, 2.05) is 0 Å². The average Bonchev–Trinajstić information content (AvgIpc) is 3.17. The number of nitrogens with zero attached hydrogens (tertiary/aromatic N) is 3. The molecular formula is C15H20F3N3O. The lowest BCUT2D eigenvalue weighted by molar-refractivity contribution is -0.142. The van der Waals surface area contributed by atoms with Gasteiger partial charge in [-0.2, -0.15) is 18.3 Å². The molecule has 1 aliphatic carbocycles. The maximum atomic E-state index is 13.3. The summed E-state index contributed by atoms with van der Waals surface area (Å²) in [6.07, 6.45) is 0.765. The number of rotatable bonds is 2. The van der Waals surface area contributed by atoms with E-state index in [0.717, 1.165) is 38.5 Å². The highest BCUT2D eigenvalue weighted by Gasteiger charge is 2.42. The second-order valence-corrected chi connectivity index (χ2v) is 6.19. The average molecular weight is 315 g/mol. The lowest BCUT2D eigenvalue weighted by Gasteiger charge is -2.17. The summed E-state index contributed by atoms with van der Waals surface area (Å²) in [6.45, 7) is 2.65. The molecule has 1 aromatic heterocycles. The highest BCUT2D eigenvalue weighted by molar-refractivity contribution is 5.96. The van der Waals surface area contributed by atoms with Crippen LogP contribution < -0.4 is 0 Å². The zero-order valence-corrected chi connectivity index (χ0v) is 12.6. The van der Waals surface area contributed by atoms with E-state index < -0.39 is 17.8 Å². The molecule has 0 bridgehead atoms. The van der Waals surface area contributed by atoms with Gasteiger partial charge in [-0.15, -0.1) is 0 Å². The van der Waals surface area contributed by atoms with Crippen molar-refractivity contribution in [3.05, 3.63) is 17.0 Å². The summed E-state index contributed by atoms with van der Waals surface area (Å²) in [7, 11) is 0. The number of alkyl halides is 3. The fourth-order valence-corrected chi connectivity index (χ4v) is 3.56. The van der Waals surface area contributed by atoms with Crippen LogP contribution in [-0.4, -0.2) is 33.7 Å². The summed E-state index contributed by atoms with van der Waals surface area (Å²) in [5.74, 6) is -0.522. The number of hydrogen-bond acceptors (Lipinski definition) is 2. The molecule has 0 unspecified atom stereocenters. The molecule has 22 heavy (non-hydrogen) atoms. The van der Waals surface area contributed by atoms with Crippen molar-refractivity contribution in [2.24, 2.45) is 0 Å². The molecule has 1 aliphatic heterocycles. The minimum absolute atomic E-state index is 0.0128. The first-order valence-electron chi connectivity index (χ1n) is 7.85. The zero-order chi connectivity index (χ0) is 15.9. The molecule has 0 spiro atoms. The third kappa shape index (κ3) is 2.61. The van der Waals surface area contributed by atoms with E-state index in [0.29, 0.717) is 18.8 Å². The smallest absolute Gasteiger partial charge is 0.339 e. The molecule has 2 heterocycles. The Hall–Kier alpha value is -1.53. The van der Waals surface area contributed by atoms with Crippen LogP contribution in [0.3, 0.4) is 0 Å². The zero-order valence-electron chi connectivity index (χ0n) is 12.6. The number of hydrogen-bond donors (Lipinski definition) is 0. The van der Waals surface area contributed by atoms with E-state index in [1.54, 1.807) is 6.92 Å². The lowest BCUT2D eigenvalue weighted by atomic mass is 10.1. The van der Waals surface area contributed by atoms with Gasteiger partial charge >= 0.3 is 6.18 Å². The molecule has 0 N–H and O–H groups in total. The predicted octanol–water partition coefficient (Wildman–Crippen LogP) is 3.56. The van der Waals surface area contributed by atoms with E-state index in [2.05, 4.69) is 5.10 Å². The van der Waals surface area contributed by atoms with E-state index in [4.69, 9.17) is 0 Å². The number of carbonyl (C=O) groups excluding carboxylic acids is 1. The SMILES string of the molecule is Cc1c(C(=O)N2CCCC2)c(C(F)(F)F)nn1C1CCCC1. The van der Waals surface area contributed by atoms with Gasteiger partial charge in [0.25, 0.3) is 5.91 Å². The highest BCUT2D eigenvalue weighted by atomic mass is 19.4. The second-order valence-electron chi connectivity index (χ2n) is 6.19. The summed E-state index contributed by atoms with van der Waals surface area (Å²) < 4.78 is 41.4. The number of amides is 1. The van der Waals surface area contributed by atoms with E-state index in [1.165, 1.54) is 9.58 Å². The number of halogens is 3. The third-order valence-corrected chi connectivity index (χ3v) is 4.70. The minimum atomic E-state index is -4.60. The van der Waals surface area contributed by atoms with Gasteiger partial charge in [0.1, 0.15) is 0 Å². The molecular weight excluding hydrogens is 295 g/mol. The Morgan fingerprint density at radius 3 is 2.27 bits per heavy atom. The van der Waals surface area contributed by atoms with Crippen LogP contribution >= 0.6 is 0 Å². The van der Waals surface area contributed by atoms with Crippen LogP contribution in [0.1, 0.15) is 66.3 Å². The van der Waals surface area contributed by atoms with Crippen LogP contribution in [0.15, 0.2) is 0 Å². The van der Waals surface area contributed by atoms with Crippen LogP contribution in [0.4, 0.5) is 13.2 Å². The maximum absolute atomic E-state index is 13.3. The van der Waals surface area contributed by atoms with Gasteiger partial charge in [-0.05, 0) is 32.6 Å². The highest BCUT2D eigenvalue weighted by Crippen LogP contribution is 2.37. The molecule has 3 rings (SSSR count). The van der Waals surface area contributed by atoms with Gasteiger partial charge in [-0.1, -0.05) is 12.8 Å². The van der Waals surface area contributed by atoms with Crippen LogP contribution in [0.25, 0.3) is 0 Å². The summed E-state index contributed by atoms with van der Waals surface area (Å²) in [6, 6.07) is -0.0128. The van der Waals surface area contributed by atoms with Crippen LogP contribution in [0.2, 0.25) is 0 Å². The van der Waals surface area contributed by atoms with Crippen LogP contribution in [0.5, 0.6) is 0 Å². The van der Waals surface area contributed by atoms with Crippen molar-refractivity contribution in [1.29, 1.82) is 0 Å². The summed E-state index contributed by atoms with van der Waals surface area (Å²) >= 11 is 0. The number of aromatic nitrogens is 2. The second kappa shape index (κ2) is 5.59. The van der Waals surface area contributed by atoms with E-state index in [9.17, 15) is 18.0 Å². The number of likely N-dealkylation sites (tertiary alicyclic amines) is 1. The van der Waals surface area contributed by atoms with Gasteiger partial charge in [0, 0.05) is 18.8 Å². The largest absolute Gasteiger partial charge is 0.435 e. The normalized spacial score (nSPS) is 20.1. The van der Waals surface area contributed by atoms with Gasteiger partial charge < -0.3 is 4.90 Å². The molecule has 2 aliphatic rings. The first-order valence-corrected chi connectivity index (χ1v) is 7.85. The lowest BCUT2D eigenvalue weighted by Crippen LogP contribution is -2.30. The summed E-state index contributed by atoms with van der Waals surface area (Å²) in [5, 5.41) is 3.80. The van der Waals surface area contributed by atoms with Gasteiger partial charge in [0.05, 0.1) is 11.6 Å². The molecule has 7 heteroatoms. The topological polar surface area (TPSA) is 38.1 Å². The molecule has 1 saturated heterocycles. The minimum Gasteiger partial charge on any atom is -0.339 e. The Morgan fingerprint density at radius 2 is 1.73 bits per heavy atom. The quantitative estimate of drug-likeness (QED) is 0.837. The summed E-state index contributed by atoms with van der Waals surface area (Å²) in [5.41, 5.74) is -0.911. The van der Waals surface area contributed by atoms with Crippen LogP contribution in [0, 0.1) is 6.92 Å². The molecule has 0 atom stereocenters. The van der Waals surface area contributed by atoms with E-state index in [-0.39, 0.29) is 11.6 Å². The molecule has 0 radical (unpaired) electrons. The Labute approximate surface area is 127 Å². The first-order chi connectivity index (χ1) is 10.4. The van der Waals surface area contributed by atoms with Crippen molar-refractivity contribution in [2.75, 3.05) is 13.1 Å². The van der Waals surface area contributed by atoms with Gasteiger partial charge in [0.2, 0.25) is 0 Å². The van der Waals surface area contributed by atoms with Crippen molar-refractivity contribution in [3.8, 4) is 0 Å². The Bertz CT molecular complexity index is 567. The predicted molar refractivity (Wildman–Crippen MR) is 74.6 cm³/mol. The Kier molecular flexibility index (Phi) is 3.91. The number of carbonyl (C=O) groups is 1. The molecule has 1 saturated carbocycles. The molecule has 1 aromatic rings. The molecule has 4 nitrogen and oxygen atoms in total. The van der Waals surface area contributed by atoms with Crippen molar-refractivity contribution >= 4 is 5.91 Å². The third-order valence-electron chi connectivity index (χ3n) is 4.70. The Balaban J connectivity index is 2.03. The van der Waals surface area contributed by atoms with Crippen molar-refractivity contribution in [3.63, 3.8) is 0 Å². The maximum Gasteiger partial charge on any atom is 0.435 e. The van der Waals surface area contributed by atoms with Crippen molar-refractivity contribution < 1.29 is 18.0 Å². The first kappa shape index (κ1) is 15.4. The standard InChI is InChI=1S/C15H20F3N3O/c1-10-12(14(22)20-8-4-5-9-20)13(15(16,17)18)19-21(10)11-6-2-3-7-11/h11H,2-9H2,1H3. The fourth-order valence-electron chi connectivity index (χ4n) is 3.56. The van der Waals surface area contributed by atoms with Gasteiger partial charge in [-0.3, -0.25) is 9.48 Å². The summed E-state index contributed by atoms with van der Waals surface area (Å²) in [4.78, 5) is 14.0. The monoisotopic (exact) mass is 315 g/mol.